The van der Waals surface area contributed by atoms with Crippen LogP contribution >= 0.6 is 34.5 Å². The second kappa shape index (κ2) is 10.3. The van der Waals surface area contributed by atoms with E-state index in [9.17, 15) is 4.79 Å². The molecule has 3 aromatic rings. The van der Waals surface area contributed by atoms with E-state index in [1.807, 2.05) is 25.1 Å². The van der Waals surface area contributed by atoms with Crippen molar-refractivity contribution in [3.63, 3.8) is 0 Å². The number of nitrogens with one attached hydrogen (secondary N) is 2. The molecule has 0 fully saturated rings. The third-order valence-corrected chi connectivity index (χ3v) is 6.17. The van der Waals surface area contributed by atoms with Gasteiger partial charge in [-0.2, -0.15) is 0 Å². The van der Waals surface area contributed by atoms with Crippen LogP contribution in [0, 0.1) is 0 Å². The van der Waals surface area contributed by atoms with E-state index >= 15 is 0 Å². The summed E-state index contributed by atoms with van der Waals surface area (Å²) >= 11 is 13.9. The Bertz CT molecular complexity index is 1190. The van der Waals surface area contributed by atoms with E-state index in [-0.39, 0.29) is 12.8 Å². The van der Waals surface area contributed by atoms with E-state index < -0.39 is 0 Å². The van der Waals surface area contributed by atoms with Crippen molar-refractivity contribution < 1.29 is 14.3 Å². The smallest absolute Gasteiger partial charge is 0.314 e. The minimum atomic E-state index is -0.170. The summed E-state index contributed by atoms with van der Waals surface area (Å²) in [6, 6.07) is 10.9. The largest absolute Gasteiger partial charge is 0.454 e. The molecule has 168 valence electrons. The van der Waals surface area contributed by atoms with Crippen molar-refractivity contribution in [2.45, 2.75) is 19.9 Å². The molecule has 0 saturated carbocycles. The summed E-state index contributed by atoms with van der Waals surface area (Å²) in [5.74, 6) is 1.46. The third kappa shape index (κ3) is 5.20. The molecular weight excluding hydrogens is 471 g/mol. The van der Waals surface area contributed by atoms with Crippen molar-refractivity contribution in [2.24, 2.45) is 4.99 Å². The minimum absolute atomic E-state index is 0.170. The van der Waals surface area contributed by atoms with E-state index in [4.69, 9.17) is 37.7 Å². The van der Waals surface area contributed by atoms with Gasteiger partial charge in [0.1, 0.15) is 0 Å². The summed E-state index contributed by atoms with van der Waals surface area (Å²) in [5, 5.41) is 8.69. The number of urea groups is 1. The van der Waals surface area contributed by atoms with E-state index in [0.29, 0.717) is 35.4 Å². The Morgan fingerprint density at radius 3 is 2.81 bits per heavy atom. The highest BCUT2D eigenvalue weighted by molar-refractivity contribution is 7.07. The Morgan fingerprint density at radius 2 is 2.00 bits per heavy atom. The monoisotopic (exact) mass is 492 g/mol. The molecule has 0 bridgehead atoms. The second-order valence-electron chi connectivity index (χ2n) is 6.97. The van der Waals surface area contributed by atoms with Crippen LogP contribution in [-0.4, -0.2) is 30.5 Å². The summed E-state index contributed by atoms with van der Waals surface area (Å²) in [7, 11) is 0. The lowest BCUT2D eigenvalue weighted by Crippen LogP contribution is -2.36. The van der Waals surface area contributed by atoms with Gasteiger partial charge in [0.2, 0.25) is 6.79 Å². The molecule has 0 saturated heterocycles. The molecule has 0 radical (unpaired) electrons. The number of aromatic nitrogens is 1. The molecule has 1 aliphatic rings. The highest BCUT2D eigenvalue weighted by atomic mass is 35.5. The van der Waals surface area contributed by atoms with Crippen LogP contribution in [0.15, 0.2) is 46.8 Å². The molecule has 2 amide bonds. The van der Waals surface area contributed by atoms with Crippen molar-refractivity contribution in [1.82, 2.24) is 15.2 Å². The first-order valence-corrected chi connectivity index (χ1v) is 11.8. The van der Waals surface area contributed by atoms with Crippen LogP contribution < -0.4 is 24.9 Å². The fourth-order valence-corrected chi connectivity index (χ4v) is 4.66. The number of hydrogen-bond acceptors (Lipinski definition) is 5. The van der Waals surface area contributed by atoms with E-state index in [2.05, 4.69) is 20.6 Å². The molecular formula is C22H22Cl2N4O3S. The number of carbonyl (C=O) groups excluding carboxylic acids is 1. The van der Waals surface area contributed by atoms with Gasteiger partial charge in [-0.25, -0.2) is 9.79 Å². The van der Waals surface area contributed by atoms with Crippen LogP contribution in [-0.2, 0) is 6.54 Å². The zero-order valence-corrected chi connectivity index (χ0v) is 19.7. The zero-order chi connectivity index (χ0) is 22.5. The maximum absolute atomic E-state index is 11.7. The molecule has 0 unspecified atom stereocenters. The number of carbonyl (C=O) groups is 1. The molecule has 7 nitrogen and oxygen atoms in total. The Labute approximate surface area is 199 Å². The lowest BCUT2D eigenvalue weighted by atomic mass is 10.1. The molecule has 0 atom stereocenters. The topological polar surface area (TPSA) is 76.9 Å². The minimum Gasteiger partial charge on any atom is -0.454 e. The highest BCUT2D eigenvalue weighted by Gasteiger charge is 2.16. The van der Waals surface area contributed by atoms with Gasteiger partial charge in [0.15, 0.2) is 16.3 Å². The summed E-state index contributed by atoms with van der Waals surface area (Å²) in [6.45, 7) is 3.89. The Hall–Kier alpha value is -2.68. The maximum Gasteiger partial charge on any atom is 0.314 e. The van der Waals surface area contributed by atoms with Crippen LogP contribution in [0.3, 0.4) is 0 Å². The first-order valence-electron chi connectivity index (χ1n) is 10.1. The standard InChI is InChI=1S/C22H22Cl2N4O3S/c1-2-25-21(29)26-8-3-9-28-18(14-4-7-19-20(10-14)31-13-30-19)12-32-22(28)27-17-6-5-15(23)11-16(17)24/h4-7,10-12H,2-3,8-9,13H2,1H3,(H2,25,26,29). The van der Waals surface area contributed by atoms with Gasteiger partial charge in [-0.3, -0.25) is 0 Å². The number of rotatable bonds is 7. The fourth-order valence-electron chi connectivity index (χ4n) is 3.26. The Balaban J connectivity index is 1.65. The fraction of sp³-hybridized carbons (Fsp3) is 0.273. The molecule has 1 aliphatic heterocycles. The number of halogens is 2. The van der Waals surface area contributed by atoms with Crippen LogP contribution in [0.1, 0.15) is 13.3 Å². The summed E-state index contributed by atoms with van der Waals surface area (Å²) < 4.78 is 13.1. The second-order valence-corrected chi connectivity index (χ2v) is 8.65. The summed E-state index contributed by atoms with van der Waals surface area (Å²) in [4.78, 5) is 17.2. The summed E-state index contributed by atoms with van der Waals surface area (Å²) in [5.41, 5.74) is 2.63. The number of ether oxygens (including phenoxy) is 2. The van der Waals surface area contributed by atoms with Gasteiger partial charge in [0, 0.05) is 35.6 Å². The van der Waals surface area contributed by atoms with Gasteiger partial charge in [-0.05, 0) is 49.7 Å². The number of hydrogen-bond donors (Lipinski definition) is 2. The lowest BCUT2D eigenvalue weighted by Gasteiger charge is -2.11. The Kier molecular flexibility index (Phi) is 7.24. The molecule has 2 heterocycles. The van der Waals surface area contributed by atoms with Crippen LogP contribution in [0.5, 0.6) is 11.5 Å². The van der Waals surface area contributed by atoms with Crippen LogP contribution in [0.25, 0.3) is 11.3 Å². The Morgan fingerprint density at radius 1 is 1.16 bits per heavy atom. The maximum atomic E-state index is 11.7. The molecule has 0 aliphatic carbocycles. The quantitative estimate of drug-likeness (QED) is 0.445. The van der Waals surface area contributed by atoms with E-state index in [0.717, 1.165) is 34.0 Å². The number of nitrogens with zero attached hydrogens (tertiary/aromatic N) is 2. The number of fused-ring (bicyclic) bond motifs is 1. The van der Waals surface area contributed by atoms with Crippen LogP contribution in [0.2, 0.25) is 10.0 Å². The predicted octanol–water partition coefficient (Wildman–Crippen LogP) is 5.19. The normalized spacial score (nSPS) is 12.8. The first-order chi connectivity index (χ1) is 15.5. The van der Waals surface area contributed by atoms with Gasteiger partial charge in [-0.1, -0.05) is 23.2 Å². The first kappa shape index (κ1) is 22.5. The van der Waals surface area contributed by atoms with Crippen molar-refractivity contribution >= 4 is 46.3 Å². The average Bonchev–Trinajstić information content (AvgIpc) is 3.39. The molecule has 2 N–H and O–H groups in total. The van der Waals surface area contributed by atoms with Gasteiger partial charge >= 0.3 is 6.03 Å². The van der Waals surface area contributed by atoms with Crippen LogP contribution in [0.4, 0.5) is 10.5 Å². The van der Waals surface area contributed by atoms with Crippen molar-refractivity contribution in [1.29, 1.82) is 0 Å². The van der Waals surface area contributed by atoms with Crippen molar-refractivity contribution in [3.05, 3.63) is 56.6 Å². The number of amides is 2. The van der Waals surface area contributed by atoms with E-state index in [1.165, 1.54) is 11.3 Å². The zero-order valence-electron chi connectivity index (χ0n) is 17.4. The summed E-state index contributed by atoms with van der Waals surface area (Å²) in [6.07, 6.45) is 0.729. The number of benzene rings is 2. The lowest BCUT2D eigenvalue weighted by molar-refractivity contribution is 0.174. The molecule has 1 aromatic heterocycles. The SMILES string of the molecule is CCNC(=O)NCCCn1c(-c2ccc3c(c2)OCO3)csc1=Nc1ccc(Cl)cc1Cl. The van der Waals surface area contributed by atoms with Crippen molar-refractivity contribution in [3.8, 4) is 22.8 Å². The molecule has 10 heteroatoms. The predicted molar refractivity (Wildman–Crippen MR) is 127 cm³/mol. The van der Waals surface area contributed by atoms with Gasteiger partial charge in [0.25, 0.3) is 0 Å². The molecule has 32 heavy (non-hydrogen) atoms. The van der Waals surface area contributed by atoms with Gasteiger partial charge < -0.3 is 24.7 Å². The average molecular weight is 493 g/mol. The number of thiazole rings is 1. The third-order valence-electron chi connectivity index (χ3n) is 4.77. The molecule has 0 spiro atoms. The molecule has 2 aromatic carbocycles. The van der Waals surface area contributed by atoms with Gasteiger partial charge in [0.05, 0.1) is 16.4 Å². The van der Waals surface area contributed by atoms with Crippen molar-refractivity contribution in [2.75, 3.05) is 19.9 Å². The van der Waals surface area contributed by atoms with E-state index in [1.54, 1.807) is 18.2 Å². The molecule has 4 rings (SSSR count). The highest BCUT2D eigenvalue weighted by Crippen LogP contribution is 2.36. The van der Waals surface area contributed by atoms with Gasteiger partial charge in [-0.15, -0.1) is 11.3 Å².